The van der Waals surface area contributed by atoms with E-state index in [1.165, 1.54) is 18.2 Å². The average molecular weight is 230 g/mol. The van der Waals surface area contributed by atoms with Crippen molar-refractivity contribution < 1.29 is 4.39 Å². The second kappa shape index (κ2) is 4.40. The van der Waals surface area contributed by atoms with Crippen LogP contribution < -0.4 is 11.1 Å². The molecule has 3 N–H and O–H groups in total. The van der Waals surface area contributed by atoms with Crippen LogP contribution in [0.25, 0.3) is 0 Å². The molecule has 7 heteroatoms. The van der Waals surface area contributed by atoms with Crippen LogP contribution in [-0.4, -0.2) is 15.0 Å². The number of nitrogens with zero attached hydrogens (tertiary/aromatic N) is 4. The van der Waals surface area contributed by atoms with E-state index in [9.17, 15) is 4.39 Å². The molecule has 0 saturated heterocycles. The Balaban J connectivity index is 2.30. The highest BCUT2D eigenvalue weighted by Crippen LogP contribution is 2.14. The van der Waals surface area contributed by atoms with Gasteiger partial charge < -0.3 is 11.1 Å². The van der Waals surface area contributed by atoms with Gasteiger partial charge in [0.2, 0.25) is 17.7 Å². The van der Waals surface area contributed by atoms with Gasteiger partial charge in [-0.2, -0.15) is 20.2 Å². The van der Waals surface area contributed by atoms with Crippen molar-refractivity contribution in [1.29, 1.82) is 5.26 Å². The van der Waals surface area contributed by atoms with Crippen LogP contribution in [0.3, 0.4) is 0 Å². The lowest BCUT2D eigenvalue weighted by atomic mass is 10.3. The van der Waals surface area contributed by atoms with Gasteiger partial charge in [-0.15, -0.1) is 0 Å². The third-order valence-corrected chi connectivity index (χ3v) is 1.83. The Hall–Kier alpha value is -2.75. The molecule has 2 rings (SSSR count). The van der Waals surface area contributed by atoms with E-state index in [0.29, 0.717) is 5.69 Å². The molecule has 0 aliphatic rings. The second-order valence-electron chi connectivity index (χ2n) is 3.09. The maximum atomic E-state index is 12.9. The molecule has 0 amide bonds. The van der Waals surface area contributed by atoms with E-state index < -0.39 is 5.82 Å². The monoisotopic (exact) mass is 230 g/mol. The van der Waals surface area contributed by atoms with Crippen LogP contribution in [0.15, 0.2) is 24.3 Å². The fourth-order valence-corrected chi connectivity index (χ4v) is 1.19. The summed E-state index contributed by atoms with van der Waals surface area (Å²) in [7, 11) is 0. The minimum absolute atomic E-state index is 0.0737. The fourth-order valence-electron chi connectivity index (χ4n) is 1.19. The smallest absolute Gasteiger partial charge is 0.238 e. The lowest BCUT2D eigenvalue weighted by Gasteiger charge is -2.04. The number of nitrogens with two attached hydrogens (primary N) is 1. The molecule has 1 heterocycles. The van der Waals surface area contributed by atoms with Crippen molar-refractivity contribution in [2.75, 3.05) is 11.1 Å². The van der Waals surface area contributed by atoms with Crippen LogP contribution in [0.5, 0.6) is 0 Å². The van der Waals surface area contributed by atoms with Crippen LogP contribution in [0.1, 0.15) is 5.82 Å². The van der Waals surface area contributed by atoms with Crippen LogP contribution in [0, 0.1) is 17.1 Å². The Morgan fingerprint density at radius 3 is 2.82 bits per heavy atom. The van der Waals surface area contributed by atoms with E-state index in [1.54, 1.807) is 12.1 Å². The number of rotatable bonds is 2. The number of nitrogen functional groups attached to an aromatic ring is 1. The molecule has 0 atom stereocenters. The number of halogens is 1. The Kier molecular flexibility index (Phi) is 2.79. The van der Waals surface area contributed by atoms with Crippen molar-refractivity contribution >= 4 is 17.6 Å². The first-order valence-electron chi connectivity index (χ1n) is 4.61. The van der Waals surface area contributed by atoms with Crippen molar-refractivity contribution in [2.45, 2.75) is 0 Å². The van der Waals surface area contributed by atoms with Crippen LogP contribution in [0.2, 0.25) is 0 Å². The molecular weight excluding hydrogens is 223 g/mol. The molecule has 0 spiro atoms. The van der Waals surface area contributed by atoms with Crippen molar-refractivity contribution in [3.05, 3.63) is 35.9 Å². The maximum absolute atomic E-state index is 12.9. The van der Waals surface area contributed by atoms with E-state index in [4.69, 9.17) is 11.0 Å². The van der Waals surface area contributed by atoms with Gasteiger partial charge >= 0.3 is 0 Å². The van der Waals surface area contributed by atoms with E-state index in [-0.39, 0.29) is 17.7 Å². The zero-order valence-electron chi connectivity index (χ0n) is 8.55. The molecule has 0 fully saturated rings. The Labute approximate surface area is 96.0 Å². The van der Waals surface area contributed by atoms with Crippen LogP contribution in [-0.2, 0) is 0 Å². The van der Waals surface area contributed by atoms with Gasteiger partial charge in [0.1, 0.15) is 11.9 Å². The number of nitriles is 1. The Bertz CT molecular complexity index is 592. The summed E-state index contributed by atoms with van der Waals surface area (Å²) in [6, 6.07) is 7.50. The highest BCUT2D eigenvalue weighted by Gasteiger charge is 2.04. The van der Waals surface area contributed by atoms with Crippen LogP contribution >= 0.6 is 0 Å². The van der Waals surface area contributed by atoms with E-state index in [0.717, 1.165) is 0 Å². The molecule has 0 unspecified atom stereocenters. The third kappa shape index (κ3) is 2.63. The number of nitrogens with one attached hydrogen (secondary N) is 1. The summed E-state index contributed by atoms with van der Waals surface area (Å²) in [5.74, 6) is -0.468. The molecule has 0 aliphatic carbocycles. The molecule has 1 aromatic carbocycles. The molecule has 6 nitrogen and oxygen atoms in total. The summed E-state index contributed by atoms with van der Waals surface area (Å²) in [4.78, 5) is 11.1. The summed E-state index contributed by atoms with van der Waals surface area (Å²) in [5, 5.41) is 11.4. The summed E-state index contributed by atoms with van der Waals surface area (Å²) >= 11 is 0. The predicted molar refractivity (Wildman–Crippen MR) is 58.6 cm³/mol. The molecule has 17 heavy (non-hydrogen) atoms. The first-order valence-corrected chi connectivity index (χ1v) is 4.61. The van der Waals surface area contributed by atoms with E-state index in [1.807, 2.05) is 0 Å². The molecule has 0 saturated carbocycles. The van der Waals surface area contributed by atoms with Gasteiger partial charge in [-0.05, 0) is 18.2 Å². The SMILES string of the molecule is N#Cc1nc(N)nc(Nc2cccc(F)c2)n1. The number of hydrogen-bond acceptors (Lipinski definition) is 6. The van der Waals surface area contributed by atoms with E-state index in [2.05, 4.69) is 20.3 Å². The minimum atomic E-state index is -0.391. The lowest BCUT2D eigenvalue weighted by molar-refractivity contribution is 0.628. The van der Waals surface area contributed by atoms with Crippen molar-refractivity contribution in [3.8, 4) is 6.07 Å². The largest absolute Gasteiger partial charge is 0.368 e. The van der Waals surface area contributed by atoms with Gasteiger partial charge in [-0.3, -0.25) is 0 Å². The van der Waals surface area contributed by atoms with Gasteiger partial charge in [-0.1, -0.05) is 6.07 Å². The lowest BCUT2D eigenvalue weighted by Crippen LogP contribution is -2.05. The Morgan fingerprint density at radius 2 is 2.12 bits per heavy atom. The number of anilines is 3. The maximum Gasteiger partial charge on any atom is 0.238 e. The first-order chi connectivity index (χ1) is 8.17. The van der Waals surface area contributed by atoms with E-state index >= 15 is 0 Å². The van der Waals surface area contributed by atoms with Crippen molar-refractivity contribution in [1.82, 2.24) is 15.0 Å². The van der Waals surface area contributed by atoms with Crippen LogP contribution in [0.4, 0.5) is 22.0 Å². The summed E-state index contributed by atoms with van der Waals surface area (Å²) in [6.45, 7) is 0. The first kappa shape index (κ1) is 10.8. The van der Waals surface area contributed by atoms with Crippen molar-refractivity contribution in [2.24, 2.45) is 0 Å². The molecule has 1 aromatic heterocycles. The number of aromatic nitrogens is 3. The Morgan fingerprint density at radius 1 is 1.29 bits per heavy atom. The third-order valence-electron chi connectivity index (χ3n) is 1.83. The summed E-state index contributed by atoms with van der Waals surface area (Å²) < 4.78 is 12.9. The molecule has 84 valence electrons. The summed E-state index contributed by atoms with van der Waals surface area (Å²) in [6.07, 6.45) is 0. The number of benzene rings is 1. The minimum Gasteiger partial charge on any atom is -0.368 e. The quantitative estimate of drug-likeness (QED) is 0.804. The van der Waals surface area contributed by atoms with Gasteiger partial charge in [0.25, 0.3) is 0 Å². The molecule has 2 aromatic rings. The molecule has 0 aliphatic heterocycles. The fraction of sp³-hybridized carbons (Fsp3) is 0. The zero-order valence-corrected chi connectivity index (χ0v) is 8.55. The number of hydrogen-bond donors (Lipinski definition) is 2. The zero-order chi connectivity index (χ0) is 12.3. The molecular formula is C10H7FN6. The highest BCUT2D eigenvalue weighted by molar-refractivity contribution is 5.53. The standard InChI is InChI=1S/C10H7FN6/c11-6-2-1-3-7(4-6)14-10-16-8(5-12)15-9(13)17-10/h1-4H,(H3,13,14,15,16,17). The van der Waals surface area contributed by atoms with Gasteiger partial charge in [-0.25, -0.2) is 4.39 Å². The average Bonchev–Trinajstić information content (AvgIpc) is 2.28. The van der Waals surface area contributed by atoms with Gasteiger partial charge in [0.15, 0.2) is 0 Å². The van der Waals surface area contributed by atoms with Gasteiger partial charge in [0.05, 0.1) is 0 Å². The normalized spacial score (nSPS) is 9.65. The molecule has 0 bridgehead atoms. The second-order valence-corrected chi connectivity index (χ2v) is 3.09. The van der Waals surface area contributed by atoms with Gasteiger partial charge in [0, 0.05) is 5.69 Å². The molecule has 0 radical (unpaired) electrons. The highest BCUT2D eigenvalue weighted by atomic mass is 19.1. The topological polar surface area (TPSA) is 101 Å². The predicted octanol–water partition coefficient (Wildman–Crippen LogP) is 1.21. The van der Waals surface area contributed by atoms with Crippen molar-refractivity contribution in [3.63, 3.8) is 0 Å². The summed E-state index contributed by atoms with van der Waals surface area (Å²) in [5.41, 5.74) is 5.85.